The Morgan fingerprint density at radius 3 is 2.59 bits per heavy atom. The molecule has 0 saturated heterocycles. The van der Waals surface area contributed by atoms with Crippen molar-refractivity contribution in [3.63, 3.8) is 0 Å². The molecule has 0 amide bonds. The number of rotatable bonds is 3. The highest BCUT2D eigenvalue weighted by atomic mass is 79.9. The van der Waals surface area contributed by atoms with Gasteiger partial charge in [-0.25, -0.2) is 14.8 Å². The SMILES string of the molecule is O=C(O)c1ccc(Sc2ncccn2)c(Br)c1. The smallest absolute Gasteiger partial charge is 0.335 e. The molecular formula is C11H7BrN2O2S. The summed E-state index contributed by atoms with van der Waals surface area (Å²) in [6, 6.07) is 6.59. The van der Waals surface area contributed by atoms with Crippen LogP contribution in [0, 0.1) is 0 Å². The molecule has 0 bridgehead atoms. The summed E-state index contributed by atoms with van der Waals surface area (Å²) in [7, 11) is 0. The first-order valence-electron chi connectivity index (χ1n) is 4.64. The van der Waals surface area contributed by atoms with Gasteiger partial charge in [0.05, 0.1) is 5.56 Å². The minimum absolute atomic E-state index is 0.246. The largest absolute Gasteiger partial charge is 0.478 e. The van der Waals surface area contributed by atoms with Crippen LogP contribution in [0.2, 0.25) is 0 Å². The van der Waals surface area contributed by atoms with Crippen molar-refractivity contribution in [2.75, 3.05) is 0 Å². The van der Waals surface area contributed by atoms with Gasteiger partial charge in [-0.15, -0.1) is 0 Å². The van der Waals surface area contributed by atoms with E-state index < -0.39 is 5.97 Å². The minimum atomic E-state index is -0.946. The fraction of sp³-hybridized carbons (Fsp3) is 0. The van der Waals surface area contributed by atoms with Crippen LogP contribution in [0.5, 0.6) is 0 Å². The Morgan fingerprint density at radius 1 is 1.29 bits per heavy atom. The Labute approximate surface area is 110 Å². The van der Waals surface area contributed by atoms with Gasteiger partial charge < -0.3 is 5.11 Å². The van der Waals surface area contributed by atoms with E-state index in [9.17, 15) is 4.79 Å². The number of halogens is 1. The van der Waals surface area contributed by atoms with E-state index in [0.717, 1.165) is 9.37 Å². The Bertz CT molecular complexity index is 548. The van der Waals surface area contributed by atoms with E-state index >= 15 is 0 Å². The molecular weight excluding hydrogens is 304 g/mol. The molecule has 17 heavy (non-hydrogen) atoms. The normalized spacial score (nSPS) is 10.2. The quantitative estimate of drug-likeness (QED) is 0.883. The van der Waals surface area contributed by atoms with Gasteiger partial charge in [-0.1, -0.05) is 0 Å². The van der Waals surface area contributed by atoms with E-state index in [1.54, 1.807) is 36.7 Å². The van der Waals surface area contributed by atoms with Crippen molar-refractivity contribution in [1.82, 2.24) is 9.97 Å². The molecule has 0 unspecified atom stereocenters. The highest BCUT2D eigenvalue weighted by Gasteiger charge is 2.08. The van der Waals surface area contributed by atoms with Gasteiger partial charge in [-0.2, -0.15) is 0 Å². The lowest BCUT2D eigenvalue weighted by molar-refractivity contribution is 0.0696. The molecule has 0 atom stereocenters. The molecule has 2 aromatic rings. The van der Waals surface area contributed by atoms with Gasteiger partial charge in [-0.3, -0.25) is 0 Å². The molecule has 0 fully saturated rings. The number of carboxylic acid groups (broad SMARTS) is 1. The summed E-state index contributed by atoms with van der Waals surface area (Å²) in [6.45, 7) is 0. The van der Waals surface area contributed by atoms with Crippen LogP contribution < -0.4 is 0 Å². The van der Waals surface area contributed by atoms with Crippen LogP contribution in [0.25, 0.3) is 0 Å². The van der Waals surface area contributed by atoms with Gasteiger partial charge in [0.1, 0.15) is 0 Å². The first-order chi connectivity index (χ1) is 8.16. The Balaban J connectivity index is 2.26. The molecule has 0 aliphatic heterocycles. The van der Waals surface area contributed by atoms with Crippen molar-refractivity contribution in [3.05, 3.63) is 46.7 Å². The molecule has 86 valence electrons. The molecule has 1 aromatic carbocycles. The van der Waals surface area contributed by atoms with Gasteiger partial charge in [0.25, 0.3) is 0 Å². The number of nitrogens with zero attached hydrogens (tertiary/aromatic N) is 2. The average molecular weight is 311 g/mol. The molecule has 0 radical (unpaired) electrons. The Hall–Kier alpha value is -1.40. The number of aromatic nitrogens is 2. The maximum atomic E-state index is 10.8. The molecule has 4 nitrogen and oxygen atoms in total. The van der Waals surface area contributed by atoms with Crippen molar-refractivity contribution in [3.8, 4) is 0 Å². The average Bonchev–Trinajstić information content (AvgIpc) is 2.33. The van der Waals surface area contributed by atoms with E-state index in [4.69, 9.17) is 5.11 Å². The van der Waals surface area contributed by atoms with Crippen LogP contribution >= 0.6 is 27.7 Å². The molecule has 2 rings (SSSR count). The zero-order chi connectivity index (χ0) is 12.3. The van der Waals surface area contributed by atoms with Gasteiger partial charge in [0, 0.05) is 21.8 Å². The lowest BCUT2D eigenvalue weighted by Crippen LogP contribution is -1.95. The van der Waals surface area contributed by atoms with Gasteiger partial charge >= 0.3 is 5.97 Å². The fourth-order valence-electron chi connectivity index (χ4n) is 1.15. The topological polar surface area (TPSA) is 63.1 Å². The van der Waals surface area contributed by atoms with Crippen LogP contribution in [-0.2, 0) is 0 Å². The lowest BCUT2D eigenvalue weighted by Gasteiger charge is -2.03. The lowest BCUT2D eigenvalue weighted by atomic mass is 10.2. The van der Waals surface area contributed by atoms with Crippen LogP contribution in [-0.4, -0.2) is 21.0 Å². The maximum Gasteiger partial charge on any atom is 0.335 e. The highest BCUT2D eigenvalue weighted by molar-refractivity contribution is 9.10. The van der Waals surface area contributed by atoms with Crippen molar-refractivity contribution < 1.29 is 9.90 Å². The molecule has 0 aliphatic rings. The van der Waals surface area contributed by atoms with E-state index in [2.05, 4.69) is 25.9 Å². The first kappa shape index (κ1) is 12.1. The van der Waals surface area contributed by atoms with Crippen LogP contribution in [0.15, 0.2) is 51.2 Å². The summed E-state index contributed by atoms with van der Waals surface area (Å²) in [5.41, 5.74) is 0.246. The second-order valence-electron chi connectivity index (χ2n) is 3.08. The van der Waals surface area contributed by atoms with Crippen LogP contribution in [0.3, 0.4) is 0 Å². The summed E-state index contributed by atoms with van der Waals surface area (Å²) in [5.74, 6) is -0.946. The van der Waals surface area contributed by atoms with Gasteiger partial charge in [-0.05, 0) is 52.0 Å². The Morgan fingerprint density at radius 2 is 2.00 bits per heavy atom. The van der Waals surface area contributed by atoms with Crippen molar-refractivity contribution in [2.45, 2.75) is 10.1 Å². The third-order valence-corrected chi connectivity index (χ3v) is 3.81. The molecule has 1 aromatic heterocycles. The molecule has 6 heteroatoms. The fourth-order valence-corrected chi connectivity index (χ4v) is 2.49. The molecule has 1 heterocycles. The van der Waals surface area contributed by atoms with E-state index in [-0.39, 0.29) is 5.56 Å². The maximum absolute atomic E-state index is 10.8. The standard InChI is InChI=1S/C11H7BrN2O2S/c12-8-6-7(10(15)16)2-3-9(8)17-11-13-4-1-5-14-11/h1-6H,(H,15,16). The summed E-state index contributed by atoms with van der Waals surface area (Å²) < 4.78 is 0.717. The molecule has 1 N–H and O–H groups in total. The van der Waals surface area contributed by atoms with Gasteiger partial charge in [0.2, 0.25) is 0 Å². The molecule has 0 spiro atoms. The zero-order valence-corrected chi connectivity index (χ0v) is 10.9. The first-order valence-corrected chi connectivity index (χ1v) is 6.25. The Kier molecular flexibility index (Phi) is 3.75. The minimum Gasteiger partial charge on any atom is -0.478 e. The second kappa shape index (κ2) is 5.29. The van der Waals surface area contributed by atoms with E-state index in [0.29, 0.717) is 5.16 Å². The zero-order valence-electron chi connectivity index (χ0n) is 8.50. The predicted octanol–water partition coefficient (Wildman–Crippen LogP) is 3.09. The van der Waals surface area contributed by atoms with Crippen molar-refractivity contribution >= 4 is 33.7 Å². The molecule has 0 aliphatic carbocycles. The number of hydrogen-bond donors (Lipinski definition) is 1. The van der Waals surface area contributed by atoms with Crippen LogP contribution in [0.4, 0.5) is 0 Å². The van der Waals surface area contributed by atoms with Crippen LogP contribution in [0.1, 0.15) is 10.4 Å². The van der Waals surface area contributed by atoms with Gasteiger partial charge in [0.15, 0.2) is 5.16 Å². The number of aromatic carboxylic acids is 1. The van der Waals surface area contributed by atoms with E-state index in [1.165, 1.54) is 11.8 Å². The monoisotopic (exact) mass is 310 g/mol. The summed E-state index contributed by atoms with van der Waals surface area (Å²) >= 11 is 4.71. The summed E-state index contributed by atoms with van der Waals surface area (Å²) in [4.78, 5) is 19.8. The third-order valence-electron chi connectivity index (χ3n) is 1.92. The summed E-state index contributed by atoms with van der Waals surface area (Å²) in [5, 5.41) is 9.46. The number of hydrogen-bond acceptors (Lipinski definition) is 4. The molecule has 0 saturated carbocycles. The van der Waals surface area contributed by atoms with E-state index in [1.807, 2.05) is 0 Å². The van der Waals surface area contributed by atoms with Crippen molar-refractivity contribution in [1.29, 1.82) is 0 Å². The number of benzene rings is 1. The third kappa shape index (κ3) is 3.04. The number of carboxylic acids is 1. The number of carbonyl (C=O) groups is 1. The second-order valence-corrected chi connectivity index (χ2v) is 4.95. The highest BCUT2D eigenvalue weighted by Crippen LogP contribution is 2.31. The summed E-state index contributed by atoms with van der Waals surface area (Å²) in [6.07, 6.45) is 3.32. The van der Waals surface area contributed by atoms with Crippen molar-refractivity contribution in [2.24, 2.45) is 0 Å². The predicted molar refractivity (Wildman–Crippen MR) is 67.3 cm³/mol.